The van der Waals surface area contributed by atoms with E-state index in [0.717, 1.165) is 24.2 Å². The number of amides is 1. The molecule has 2 heterocycles. The van der Waals surface area contributed by atoms with Crippen molar-refractivity contribution < 1.29 is 4.79 Å². The van der Waals surface area contributed by atoms with Gasteiger partial charge in [0.2, 0.25) is 5.91 Å². The monoisotopic (exact) mass is 262 g/mol. The molecule has 19 heavy (non-hydrogen) atoms. The highest BCUT2D eigenvalue weighted by atomic mass is 16.1. The average Bonchev–Trinajstić information content (AvgIpc) is 2.39. The van der Waals surface area contributed by atoms with Gasteiger partial charge >= 0.3 is 0 Å². The number of rotatable bonds is 3. The summed E-state index contributed by atoms with van der Waals surface area (Å²) in [6, 6.07) is 4.30. The number of nitrogens with two attached hydrogens (primary N) is 2. The number of carbonyl (C=O) groups excluding carboxylic acids is 1. The molecule has 3 unspecified atom stereocenters. The number of aromatic nitrogens is 1. The van der Waals surface area contributed by atoms with Gasteiger partial charge in [-0.15, -0.1) is 0 Å². The van der Waals surface area contributed by atoms with Crippen LogP contribution in [-0.2, 0) is 4.79 Å². The van der Waals surface area contributed by atoms with Crippen LogP contribution in [0.15, 0.2) is 18.3 Å². The van der Waals surface area contributed by atoms with Crippen molar-refractivity contribution in [1.82, 2.24) is 4.98 Å². The van der Waals surface area contributed by atoms with Crippen LogP contribution in [0.5, 0.6) is 0 Å². The molecule has 1 aromatic rings. The topological polar surface area (TPSA) is 85.2 Å². The van der Waals surface area contributed by atoms with Gasteiger partial charge in [-0.25, -0.2) is 0 Å². The van der Waals surface area contributed by atoms with Crippen LogP contribution in [0.25, 0.3) is 0 Å². The molecule has 0 aromatic carbocycles. The fourth-order valence-electron chi connectivity index (χ4n) is 2.54. The second kappa shape index (κ2) is 5.57. The van der Waals surface area contributed by atoms with Gasteiger partial charge in [-0.3, -0.25) is 9.78 Å². The number of primary amides is 1. The zero-order valence-electron chi connectivity index (χ0n) is 11.5. The van der Waals surface area contributed by atoms with E-state index in [1.807, 2.05) is 25.3 Å². The molecular weight excluding hydrogens is 240 g/mol. The Hall–Kier alpha value is -1.62. The Kier molecular flexibility index (Phi) is 4.04. The summed E-state index contributed by atoms with van der Waals surface area (Å²) in [5, 5.41) is 0. The molecule has 5 nitrogen and oxygen atoms in total. The predicted molar refractivity (Wildman–Crippen MR) is 75.6 cm³/mol. The first-order valence-corrected chi connectivity index (χ1v) is 6.76. The number of hydrogen-bond donors (Lipinski definition) is 2. The van der Waals surface area contributed by atoms with E-state index in [4.69, 9.17) is 11.5 Å². The summed E-state index contributed by atoms with van der Waals surface area (Å²) in [6.45, 7) is 4.75. The lowest BCUT2D eigenvalue weighted by Crippen LogP contribution is -2.46. The molecule has 0 saturated carbocycles. The van der Waals surface area contributed by atoms with Gasteiger partial charge in [-0.1, -0.05) is 0 Å². The lowest BCUT2D eigenvalue weighted by molar-refractivity contribution is -0.122. The van der Waals surface area contributed by atoms with E-state index in [1.54, 1.807) is 0 Å². The van der Waals surface area contributed by atoms with E-state index >= 15 is 0 Å². The van der Waals surface area contributed by atoms with Crippen LogP contribution in [0.2, 0.25) is 0 Å². The Balaban J connectivity index is 2.16. The van der Waals surface area contributed by atoms with Gasteiger partial charge in [-0.2, -0.15) is 0 Å². The van der Waals surface area contributed by atoms with Crippen LogP contribution in [0.3, 0.4) is 0 Å². The Morgan fingerprint density at radius 1 is 1.47 bits per heavy atom. The lowest BCUT2D eigenvalue weighted by Gasteiger charge is -2.38. The number of nitrogens with zero attached hydrogens (tertiary/aromatic N) is 2. The Bertz CT molecular complexity index is 443. The molecule has 1 aromatic heterocycles. The van der Waals surface area contributed by atoms with Crippen molar-refractivity contribution >= 4 is 11.6 Å². The first kappa shape index (κ1) is 13.8. The number of hydrogen-bond acceptors (Lipinski definition) is 4. The third-order valence-corrected chi connectivity index (χ3v) is 3.85. The molecule has 0 spiro atoms. The molecule has 104 valence electrons. The third-order valence-electron chi connectivity index (χ3n) is 3.85. The molecule has 5 heteroatoms. The minimum Gasteiger partial charge on any atom is -0.369 e. The molecule has 1 aliphatic rings. The van der Waals surface area contributed by atoms with E-state index in [0.29, 0.717) is 12.6 Å². The van der Waals surface area contributed by atoms with Gasteiger partial charge in [0.1, 0.15) is 0 Å². The van der Waals surface area contributed by atoms with Crippen LogP contribution >= 0.6 is 0 Å². The Morgan fingerprint density at radius 3 is 2.74 bits per heavy atom. The maximum absolute atomic E-state index is 11.3. The van der Waals surface area contributed by atoms with Crippen molar-refractivity contribution in [2.45, 2.75) is 38.8 Å². The normalized spacial score (nSPS) is 25.1. The van der Waals surface area contributed by atoms with Crippen molar-refractivity contribution in [2.75, 3.05) is 11.4 Å². The van der Waals surface area contributed by atoms with Gasteiger partial charge in [0.25, 0.3) is 0 Å². The summed E-state index contributed by atoms with van der Waals surface area (Å²) in [7, 11) is 0. The largest absolute Gasteiger partial charge is 0.369 e. The zero-order chi connectivity index (χ0) is 14.0. The molecule has 1 saturated heterocycles. The summed E-state index contributed by atoms with van der Waals surface area (Å²) in [6.07, 6.45) is 3.68. The molecular formula is C14H22N4O. The number of piperidine rings is 1. The molecule has 0 radical (unpaired) electrons. The van der Waals surface area contributed by atoms with Crippen LogP contribution in [-0.4, -0.2) is 23.5 Å². The summed E-state index contributed by atoms with van der Waals surface area (Å²) in [4.78, 5) is 17.9. The van der Waals surface area contributed by atoms with Crippen molar-refractivity contribution in [3.8, 4) is 0 Å². The van der Waals surface area contributed by atoms with Gasteiger partial charge < -0.3 is 16.4 Å². The number of pyridine rings is 1. The molecule has 0 aliphatic carbocycles. The van der Waals surface area contributed by atoms with Crippen molar-refractivity contribution in [3.05, 3.63) is 24.0 Å². The van der Waals surface area contributed by atoms with Gasteiger partial charge in [-0.05, 0) is 38.8 Å². The zero-order valence-corrected chi connectivity index (χ0v) is 11.5. The maximum atomic E-state index is 11.3. The van der Waals surface area contributed by atoms with Crippen molar-refractivity contribution in [3.63, 3.8) is 0 Å². The SMILES string of the molecule is CC(N)c1ccc(N2CC(C(N)=O)CCC2C)cn1. The third kappa shape index (κ3) is 3.04. The number of anilines is 1. The summed E-state index contributed by atoms with van der Waals surface area (Å²) < 4.78 is 0. The molecule has 2 rings (SSSR count). The predicted octanol–water partition coefficient (Wildman–Crippen LogP) is 1.19. The molecule has 0 bridgehead atoms. The summed E-state index contributed by atoms with van der Waals surface area (Å²) >= 11 is 0. The summed E-state index contributed by atoms with van der Waals surface area (Å²) in [5.74, 6) is -0.277. The quantitative estimate of drug-likeness (QED) is 0.857. The molecule has 1 fully saturated rings. The highest BCUT2D eigenvalue weighted by molar-refractivity contribution is 5.77. The van der Waals surface area contributed by atoms with Gasteiger partial charge in [0.15, 0.2) is 0 Å². The second-order valence-electron chi connectivity index (χ2n) is 5.41. The lowest BCUT2D eigenvalue weighted by atomic mass is 9.92. The van der Waals surface area contributed by atoms with Crippen LogP contribution in [0.1, 0.15) is 38.4 Å². The van der Waals surface area contributed by atoms with E-state index in [9.17, 15) is 4.79 Å². The minimum atomic E-state index is -0.211. The van der Waals surface area contributed by atoms with Crippen LogP contribution < -0.4 is 16.4 Å². The van der Waals surface area contributed by atoms with Gasteiger partial charge in [0.05, 0.1) is 23.5 Å². The highest BCUT2D eigenvalue weighted by Crippen LogP contribution is 2.27. The van der Waals surface area contributed by atoms with Crippen molar-refractivity contribution in [1.29, 1.82) is 0 Å². The van der Waals surface area contributed by atoms with E-state index in [1.165, 1.54) is 0 Å². The highest BCUT2D eigenvalue weighted by Gasteiger charge is 2.28. The summed E-state index contributed by atoms with van der Waals surface area (Å²) in [5.41, 5.74) is 13.1. The van der Waals surface area contributed by atoms with E-state index in [2.05, 4.69) is 16.8 Å². The second-order valence-corrected chi connectivity index (χ2v) is 5.41. The molecule has 1 amide bonds. The van der Waals surface area contributed by atoms with Gasteiger partial charge in [0, 0.05) is 18.6 Å². The Labute approximate surface area is 114 Å². The smallest absolute Gasteiger partial charge is 0.222 e. The fraction of sp³-hybridized carbons (Fsp3) is 0.571. The average molecular weight is 262 g/mol. The Morgan fingerprint density at radius 2 is 2.21 bits per heavy atom. The standard InChI is InChI=1S/C14H22N4O/c1-9-3-4-11(14(16)19)8-18(9)12-5-6-13(10(2)15)17-7-12/h5-7,9-11H,3-4,8,15H2,1-2H3,(H2,16,19). The van der Waals surface area contributed by atoms with Crippen molar-refractivity contribution in [2.24, 2.45) is 17.4 Å². The maximum Gasteiger partial charge on any atom is 0.222 e. The number of carbonyl (C=O) groups is 1. The molecule has 1 aliphatic heterocycles. The first-order valence-electron chi connectivity index (χ1n) is 6.76. The molecule has 3 atom stereocenters. The first-order chi connectivity index (χ1) is 8.99. The van der Waals surface area contributed by atoms with E-state index < -0.39 is 0 Å². The van der Waals surface area contributed by atoms with Crippen LogP contribution in [0, 0.1) is 5.92 Å². The van der Waals surface area contributed by atoms with Crippen LogP contribution in [0.4, 0.5) is 5.69 Å². The minimum absolute atomic E-state index is 0.0637. The van der Waals surface area contributed by atoms with E-state index in [-0.39, 0.29) is 17.9 Å². The molecule has 4 N–H and O–H groups in total. The fourth-order valence-corrected chi connectivity index (χ4v) is 2.54.